The van der Waals surface area contributed by atoms with Crippen molar-refractivity contribution in [3.63, 3.8) is 0 Å². The monoisotopic (exact) mass is 280 g/mol. The quantitative estimate of drug-likeness (QED) is 0.488. The number of ether oxygens (including phenoxy) is 3. The van der Waals surface area contributed by atoms with Gasteiger partial charge in [-0.3, -0.25) is 4.79 Å². The Kier molecular flexibility index (Phi) is 7.92. The molecule has 0 N–H and O–H groups in total. The smallest absolute Gasteiger partial charge is 0.188 e. The van der Waals surface area contributed by atoms with Crippen molar-refractivity contribution in [2.24, 2.45) is 5.92 Å². The Labute approximate surface area is 121 Å². The first-order valence-electron chi connectivity index (χ1n) is 7.05. The van der Waals surface area contributed by atoms with E-state index in [1.54, 1.807) is 24.3 Å². The van der Waals surface area contributed by atoms with Crippen LogP contribution in [0.25, 0.3) is 0 Å². The normalized spacial score (nSPS) is 10.8. The molecule has 0 fully saturated rings. The minimum atomic E-state index is -0.0306. The van der Waals surface area contributed by atoms with Crippen LogP contribution < -0.4 is 4.74 Å². The second-order valence-corrected chi connectivity index (χ2v) is 4.90. The largest absolute Gasteiger partial charge is 0.494 e. The summed E-state index contributed by atoms with van der Waals surface area (Å²) >= 11 is 0. The van der Waals surface area contributed by atoms with Gasteiger partial charge in [0.2, 0.25) is 0 Å². The van der Waals surface area contributed by atoms with Crippen LogP contribution in [0.5, 0.6) is 5.75 Å². The van der Waals surface area contributed by atoms with Crippen molar-refractivity contribution in [3.8, 4) is 5.75 Å². The van der Waals surface area contributed by atoms with Crippen LogP contribution in [0, 0.1) is 5.92 Å². The van der Waals surface area contributed by atoms with Crippen LogP contribution in [-0.4, -0.2) is 38.8 Å². The lowest BCUT2D eigenvalue weighted by Crippen LogP contribution is -2.13. The molecule has 0 aliphatic rings. The maximum Gasteiger partial charge on any atom is 0.188 e. The summed E-state index contributed by atoms with van der Waals surface area (Å²) in [7, 11) is 0. The molecule has 0 saturated heterocycles. The van der Waals surface area contributed by atoms with Gasteiger partial charge in [-0.05, 0) is 37.1 Å². The maximum absolute atomic E-state index is 11.8. The number of Topliss-reactive ketones (excluding diaryl/α,β-unsaturated/α-hetero) is 1. The van der Waals surface area contributed by atoms with Crippen LogP contribution in [0.3, 0.4) is 0 Å². The third-order valence-electron chi connectivity index (χ3n) is 2.54. The number of hydrogen-bond acceptors (Lipinski definition) is 4. The van der Waals surface area contributed by atoms with Crippen molar-refractivity contribution in [3.05, 3.63) is 29.8 Å². The van der Waals surface area contributed by atoms with Crippen LogP contribution >= 0.6 is 0 Å². The molecule has 1 rings (SSSR count). The van der Waals surface area contributed by atoms with E-state index >= 15 is 0 Å². The molecule has 0 unspecified atom stereocenters. The van der Waals surface area contributed by atoms with Gasteiger partial charge in [0, 0.05) is 12.2 Å². The number of carbonyl (C=O) groups is 1. The molecule has 4 nitrogen and oxygen atoms in total. The Morgan fingerprint density at radius 3 is 2.35 bits per heavy atom. The molecule has 0 saturated carbocycles. The Hall–Kier alpha value is -1.39. The van der Waals surface area contributed by atoms with Crippen LogP contribution in [0.15, 0.2) is 24.3 Å². The standard InChI is InChI=1S/C16H24O4/c1-4-20-15-7-5-14(6-8-15)16(17)12-19-10-9-18-11-13(2)3/h5-8,13H,4,9-12H2,1-3H3. The fourth-order valence-corrected chi connectivity index (χ4v) is 1.59. The molecular formula is C16H24O4. The number of rotatable bonds is 10. The van der Waals surface area contributed by atoms with Crippen molar-refractivity contribution < 1.29 is 19.0 Å². The van der Waals surface area contributed by atoms with Crippen LogP contribution in [0.2, 0.25) is 0 Å². The second kappa shape index (κ2) is 9.50. The highest BCUT2D eigenvalue weighted by atomic mass is 16.5. The summed E-state index contributed by atoms with van der Waals surface area (Å²) in [5, 5.41) is 0. The van der Waals surface area contributed by atoms with Gasteiger partial charge in [-0.2, -0.15) is 0 Å². The topological polar surface area (TPSA) is 44.8 Å². The highest BCUT2D eigenvalue weighted by molar-refractivity contribution is 5.97. The molecule has 0 radical (unpaired) electrons. The number of carbonyl (C=O) groups excluding carboxylic acids is 1. The minimum absolute atomic E-state index is 0.0306. The van der Waals surface area contributed by atoms with Gasteiger partial charge in [-0.15, -0.1) is 0 Å². The number of ketones is 1. The molecule has 1 aromatic carbocycles. The molecule has 0 heterocycles. The predicted octanol–water partition coefficient (Wildman–Crippen LogP) is 2.96. The summed E-state index contributed by atoms with van der Waals surface area (Å²) in [4.78, 5) is 11.8. The van der Waals surface area contributed by atoms with Gasteiger partial charge in [0.15, 0.2) is 5.78 Å². The molecule has 0 bridgehead atoms. The van der Waals surface area contributed by atoms with Crippen molar-refractivity contribution in [1.82, 2.24) is 0 Å². The fraction of sp³-hybridized carbons (Fsp3) is 0.562. The molecule has 1 aromatic rings. The third-order valence-corrected chi connectivity index (χ3v) is 2.54. The zero-order valence-electron chi connectivity index (χ0n) is 12.6. The minimum Gasteiger partial charge on any atom is -0.494 e. The molecule has 0 amide bonds. The summed E-state index contributed by atoms with van der Waals surface area (Å²) in [5.41, 5.74) is 0.636. The molecule has 20 heavy (non-hydrogen) atoms. The Morgan fingerprint density at radius 1 is 1.10 bits per heavy atom. The van der Waals surface area contributed by atoms with Crippen molar-refractivity contribution >= 4 is 5.78 Å². The SMILES string of the molecule is CCOc1ccc(C(=O)COCCOCC(C)C)cc1. The van der Waals surface area contributed by atoms with E-state index in [2.05, 4.69) is 13.8 Å². The Morgan fingerprint density at radius 2 is 1.75 bits per heavy atom. The van der Waals surface area contributed by atoms with Gasteiger partial charge >= 0.3 is 0 Å². The van der Waals surface area contributed by atoms with Crippen molar-refractivity contribution in [2.75, 3.05) is 33.0 Å². The summed E-state index contributed by atoms with van der Waals surface area (Å²) in [6.07, 6.45) is 0. The van der Waals surface area contributed by atoms with E-state index in [1.807, 2.05) is 6.92 Å². The lowest BCUT2D eigenvalue weighted by atomic mass is 10.1. The fourth-order valence-electron chi connectivity index (χ4n) is 1.59. The highest BCUT2D eigenvalue weighted by Gasteiger charge is 2.06. The molecule has 0 aromatic heterocycles. The summed E-state index contributed by atoms with van der Waals surface area (Å²) in [6, 6.07) is 7.10. The first kappa shape index (κ1) is 16.7. The Balaban J connectivity index is 2.22. The number of benzene rings is 1. The number of hydrogen-bond donors (Lipinski definition) is 0. The van der Waals surface area contributed by atoms with E-state index in [4.69, 9.17) is 14.2 Å². The van der Waals surface area contributed by atoms with Gasteiger partial charge in [0.25, 0.3) is 0 Å². The van der Waals surface area contributed by atoms with E-state index in [1.165, 1.54) is 0 Å². The van der Waals surface area contributed by atoms with Gasteiger partial charge in [-0.1, -0.05) is 13.8 Å². The Bertz CT molecular complexity index is 384. The average Bonchev–Trinajstić information content (AvgIpc) is 2.43. The lowest BCUT2D eigenvalue weighted by molar-refractivity contribution is 0.0364. The summed E-state index contributed by atoms with van der Waals surface area (Å²) in [5.74, 6) is 1.25. The van der Waals surface area contributed by atoms with E-state index < -0.39 is 0 Å². The van der Waals surface area contributed by atoms with E-state index in [-0.39, 0.29) is 12.4 Å². The average molecular weight is 280 g/mol. The van der Waals surface area contributed by atoms with Crippen molar-refractivity contribution in [1.29, 1.82) is 0 Å². The molecule has 4 heteroatoms. The first-order valence-corrected chi connectivity index (χ1v) is 7.05. The first-order chi connectivity index (χ1) is 9.63. The third kappa shape index (κ3) is 6.68. The molecule has 0 atom stereocenters. The lowest BCUT2D eigenvalue weighted by Gasteiger charge is -2.07. The molecule has 0 spiro atoms. The molecule has 0 aliphatic carbocycles. The van der Waals surface area contributed by atoms with Crippen LogP contribution in [-0.2, 0) is 9.47 Å². The van der Waals surface area contributed by atoms with Crippen LogP contribution in [0.1, 0.15) is 31.1 Å². The molecule has 0 aliphatic heterocycles. The van der Waals surface area contributed by atoms with Gasteiger partial charge in [0.1, 0.15) is 12.4 Å². The zero-order valence-corrected chi connectivity index (χ0v) is 12.6. The van der Waals surface area contributed by atoms with E-state index in [0.29, 0.717) is 31.3 Å². The summed E-state index contributed by atoms with van der Waals surface area (Å²) in [6.45, 7) is 8.49. The van der Waals surface area contributed by atoms with Crippen molar-refractivity contribution in [2.45, 2.75) is 20.8 Å². The van der Waals surface area contributed by atoms with Crippen LogP contribution in [0.4, 0.5) is 0 Å². The predicted molar refractivity (Wildman–Crippen MR) is 78.4 cm³/mol. The second-order valence-electron chi connectivity index (χ2n) is 4.90. The molecule has 112 valence electrons. The van der Waals surface area contributed by atoms with Gasteiger partial charge in [-0.25, -0.2) is 0 Å². The van der Waals surface area contributed by atoms with E-state index in [9.17, 15) is 4.79 Å². The highest BCUT2D eigenvalue weighted by Crippen LogP contribution is 2.12. The van der Waals surface area contributed by atoms with Gasteiger partial charge < -0.3 is 14.2 Å². The van der Waals surface area contributed by atoms with Gasteiger partial charge in [0.05, 0.1) is 19.8 Å². The maximum atomic E-state index is 11.8. The zero-order chi connectivity index (χ0) is 14.8. The summed E-state index contributed by atoms with van der Waals surface area (Å²) < 4.78 is 16.0. The van der Waals surface area contributed by atoms with E-state index in [0.717, 1.165) is 12.4 Å². The molecular weight excluding hydrogens is 256 g/mol.